The summed E-state index contributed by atoms with van der Waals surface area (Å²) >= 11 is 0. The first kappa shape index (κ1) is 25.2. The predicted octanol–water partition coefficient (Wildman–Crippen LogP) is 6.86. The molecule has 0 fully saturated rings. The number of hydrogen-bond donors (Lipinski definition) is 1. The van der Waals surface area contributed by atoms with Gasteiger partial charge in [-0.1, -0.05) is 86.5 Å². The Morgan fingerprint density at radius 2 is 1.53 bits per heavy atom. The van der Waals surface area contributed by atoms with Crippen molar-refractivity contribution in [3.05, 3.63) is 90.0 Å². The summed E-state index contributed by atoms with van der Waals surface area (Å²) in [6.45, 7) is 2.89. The zero-order valence-electron chi connectivity index (χ0n) is 19.9. The Hall–Kier alpha value is -3.40. The van der Waals surface area contributed by atoms with Gasteiger partial charge in [-0.3, -0.25) is 4.79 Å². The van der Waals surface area contributed by atoms with E-state index >= 15 is 0 Å². The van der Waals surface area contributed by atoms with E-state index in [4.69, 9.17) is 4.74 Å². The molecule has 0 radical (unpaired) electrons. The predicted molar refractivity (Wildman–Crippen MR) is 136 cm³/mol. The molecule has 0 aromatic heterocycles. The number of aldehydes is 1. The summed E-state index contributed by atoms with van der Waals surface area (Å²) < 4.78 is 5.79. The van der Waals surface area contributed by atoms with Crippen molar-refractivity contribution in [1.82, 2.24) is 0 Å². The number of carbonyl (C=O) groups excluding carboxylic acids is 1. The molecule has 1 atom stereocenters. The van der Waals surface area contributed by atoms with Crippen LogP contribution < -0.4 is 4.74 Å². The molecule has 3 aromatic carbocycles. The van der Waals surface area contributed by atoms with Crippen LogP contribution in [0.1, 0.15) is 56.6 Å². The number of aryl methyl sites for hydroxylation is 1. The van der Waals surface area contributed by atoms with Crippen molar-refractivity contribution in [1.29, 1.82) is 0 Å². The lowest BCUT2D eigenvalue weighted by atomic mass is 9.73. The third-order valence-corrected chi connectivity index (χ3v) is 6.39. The van der Waals surface area contributed by atoms with Gasteiger partial charge >= 0.3 is 5.97 Å². The third kappa shape index (κ3) is 6.57. The fraction of sp³-hybridized carbons (Fsp3) is 0.333. The molecule has 1 unspecified atom stereocenters. The Balaban J connectivity index is 1.72. The van der Waals surface area contributed by atoms with Crippen molar-refractivity contribution in [2.75, 3.05) is 6.61 Å². The fourth-order valence-corrected chi connectivity index (χ4v) is 4.33. The molecular weight excluding hydrogens is 424 g/mol. The fourth-order valence-electron chi connectivity index (χ4n) is 4.33. The number of rotatable bonds is 14. The molecule has 3 rings (SSSR count). The Kier molecular flexibility index (Phi) is 9.45. The highest BCUT2D eigenvalue weighted by atomic mass is 16.5. The summed E-state index contributed by atoms with van der Waals surface area (Å²) in [5.41, 5.74) is 2.65. The quantitative estimate of drug-likeness (QED) is 0.212. The number of hydrogen-bond acceptors (Lipinski definition) is 3. The van der Waals surface area contributed by atoms with Gasteiger partial charge in [0.1, 0.15) is 12.0 Å². The van der Waals surface area contributed by atoms with Crippen molar-refractivity contribution in [2.45, 2.75) is 57.3 Å². The second-order valence-corrected chi connectivity index (χ2v) is 8.75. The Labute approximate surface area is 202 Å². The molecule has 34 heavy (non-hydrogen) atoms. The van der Waals surface area contributed by atoms with Gasteiger partial charge in [0.2, 0.25) is 0 Å². The molecule has 0 aliphatic heterocycles. The van der Waals surface area contributed by atoms with Crippen LogP contribution in [-0.2, 0) is 21.4 Å². The molecule has 4 heteroatoms. The maximum Gasteiger partial charge on any atom is 0.314 e. The summed E-state index contributed by atoms with van der Waals surface area (Å²) in [6, 6.07) is 25.5. The molecule has 1 N–H and O–H groups in total. The first-order chi connectivity index (χ1) is 16.6. The van der Waals surface area contributed by atoms with Crippen molar-refractivity contribution >= 4 is 12.3 Å². The standard InChI is InChI=1S/C30H34O4/c1-2-3-7-23-34-28-18-14-26(15-19-28)25-12-16-27(17-13-25)30(21-22-31,29(32)33)20-8-11-24-9-5-4-6-10-24/h4-6,9-10,12-19,22H,2-3,7-8,11,20-21,23H2,1H3,(H,32,33). The molecule has 0 bridgehead atoms. The minimum Gasteiger partial charge on any atom is -0.494 e. The van der Waals surface area contributed by atoms with Gasteiger partial charge < -0.3 is 14.6 Å². The molecular formula is C30H34O4. The van der Waals surface area contributed by atoms with Gasteiger partial charge in [-0.2, -0.15) is 0 Å². The molecule has 178 valence electrons. The van der Waals surface area contributed by atoms with Crippen molar-refractivity contribution < 1.29 is 19.4 Å². The van der Waals surface area contributed by atoms with Crippen molar-refractivity contribution in [2.24, 2.45) is 0 Å². The lowest BCUT2D eigenvalue weighted by Crippen LogP contribution is -2.36. The van der Waals surface area contributed by atoms with E-state index in [9.17, 15) is 14.7 Å². The monoisotopic (exact) mass is 458 g/mol. The zero-order chi connectivity index (χ0) is 24.2. The average molecular weight is 459 g/mol. The average Bonchev–Trinajstić information content (AvgIpc) is 2.87. The lowest BCUT2D eigenvalue weighted by molar-refractivity contribution is -0.145. The number of carboxylic acids is 1. The van der Waals surface area contributed by atoms with Gasteiger partial charge in [-0.25, -0.2) is 0 Å². The van der Waals surface area contributed by atoms with Gasteiger partial charge in [-0.15, -0.1) is 0 Å². The summed E-state index contributed by atoms with van der Waals surface area (Å²) in [6.07, 6.45) is 5.94. The molecule has 3 aromatic rings. The van der Waals surface area contributed by atoms with Crippen LogP contribution in [0.15, 0.2) is 78.9 Å². The molecule has 0 spiro atoms. The van der Waals surface area contributed by atoms with Gasteiger partial charge in [0.25, 0.3) is 0 Å². The minimum absolute atomic E-state index is 0.0411. The highest BCUT2D eigenvalue weighted by molar-refractivity contribution is 5.85. The van der Waals surface area contributed by atoms with Crippen LogP contribution >= 0.6 is 0 Å². The molecule has 4 nitrogen and oxygen atoms in total. The van der Waals surface area contributed by atoms with Gasteiger partial charge in [0, 0.05) is 6.42 Å². The summed E-state index contributed by atoms with van der Waals surface area (Å²) in [5, 5.41) is 10.2. The van der Waals surface area contributed by atoms with Crippen LogP contribution in [0.25, 0.3) is 11.1 Å². The normalized spacial score (nSPS) is 12.6. The number of carbonyl (C=O) groups is 2. The largest absolute Gasteiger partial charge is 0.494 e. The van der Waals surface area contributed by atoms with Gasteiger partial charge in [0.15, 0.2) is 0 Å². The highest BCUT2D eigenvalue weighted by Gasteiger charge is 2.39. The molecule has 0 aliphatic carbocycles. The van der Waals surface area contributed by atoms with Crippen LogP contribution in [0.3, 0.4) is 0 Å². The van der Waals surface area contributed by atoms with Crippen LogP contribution in [0.2, 0.25) is 0 Å². The summed E-state index contributed by atoms with van der Waals surface area (Å²) in [7, 11) is 0. The topological polar surface area (TPSA) is 63.6 Å². The lowest BCUT2D eigenvalue weighted by Gasteiger charge is -2.28. The van der Waals surface area contributed by atoms with E-state index in [1.807, 2.05) is 78.9 Å². The van der Waals surface area contributed by atoms with Crippen LogP contribution in [0.5, 0.6) is 5.75 Å². The molecule has 0 saturated heterocycles. The number of unbranched alkanes of at least 4 members (excludes halogenated alkanes) is 2. The van der Waals surface area contributed by atoms with E-state index < -0.39 is 11.4 Å². The maximum atomic E-state index is 12.4. The summed E-state index contributed by atoms with van der Waals surface area (Å²) in [5.74, 6) is -0.101. The van der Waals surface area contributed by atoms with E-state index in [1.54, 1.807) is 0 Å². The Morgan fingerprint density at radius 1 is 0.882 bits per heavy atom. The number of ether oxygens (including phenoxy) is 1. The Morgan fingerprint density at radius 3 is 2.12 bits per heavy atom. The van der Waals surface area contributed by atoms with Crippen LogP contribution in [-0.4, -0.2) is 24.0 Å². The number of carboxylic acid groups (broad SMARTS) is 1. The van der Waals surface area contributed by atoms with E-state index in [-0.39, 0.29) is 6.42 Å². The molecule has 0 saturated carbocycles. The second-order valence-electron chi connectivity index (χ2n) is 8.75. The van der Waals surface area contributed by atoms with Gasteiger partial charge in [0.05, 0.1) is 12.0 Å². The highest BCUT2D eigenvalue weighted by Crippen LogP contribution is 2.35. The second kappa shape index (κ2) is 12.7. The number of benzene rings is 3. The van der Waals surface area contributed by atoms with Crippen LogP contribution in [0, 0.1) is 0 Å². The van der Waals surface area contributed by atoms with E-state index in [2.05, 4.69) is 6.92 Å². The van der Waals surface area contributed by atoms with Crippen molar-refractivity contribution in [3.8, 4) is 16.9 Å². The molecule has 0 amide bonds. The van der Waals surface area contributed by atoms with E-state index in [1.165, 1.54) is 18.4 Å². The van der Waals surface area contributed by atoms with E-state index in [0.29, 0.717) is 18.4 Å². The summed E-state index contributed by atoms with van der Waals surface area (Å²) in [4.78, 5) is 23.9. The van der Waals surface area contributed by atoms with E-state index in [0.717, 1.165) is 42.6 Å². The van der Waals surface area contributed by atoms with Crippen molar-refractivity contribution in [3.63, 3.8) is 0 Å². The zero-order valence-corrected chi connectivity index (χ0v) is 19.9. The maximum absolute atomic E-state index is 12.4. The molecule has 0 heterocycles. The molecule has 0 aliphatic rings. The first-order valence-corrected chi connectivity index (χ1v) is 12.1. The van der Waals surface area contributed by atoms with Crippen LogP contribution in [0.4, 0.5) is 0 Å². The first-order valence-electron chi connectivity index (χ1n) is 12.1. The van der Waals surface area contributed by atoms with Gasteiger partial charge in [-0.05, 0) is 60.1 Å². The number of aliphatic carboxylic acids is 1. The third-order valence-electron chi connectivity index (χ3n) is 6.39. The Bertz CT molecular complexity index is 1030. The SMILES string of the molecule is CCCCCOc1ccc(-c2ccc(C(CC=O)(CCCc3ccccc3)C(=O)O)cc2)cc1. The minimum atomic E-state index is -1.22. The smallest absolute Gasteiger partial charge is 0.314 e.